The Morgan fingerprint density at radius 1 is 1.14 bits per heavy atom. The fourth-order valence-corrected chi connectivity index (χ4v) is 11.4. The summed E-state index contributed by atoms with van der Waals surface area (Å²) in [5.41, 5.74) is 0.880. The molecule has 14 nitrogen and oxygen atoms in total. The minimum Gasteiger partial charge on any atom is -0.491 e. The standard InChI is InChI=1S/C41H53ClN6O8S2/c1-5-24-19-41(24,40(51)46-58(52,53)25-7-8-25)20-32(49)30-18-35(31-21-43-27(6-2)39(50)48(30)31)56-34-17-28(38-45-29(22-57-38)23(3)4)44-37-26(34)9-10-33(36(37)42)55-16-13-47-11-14-54-15-12-47/h9-10,17,22-25,27,30-31,35,43H,5-8,11-16,18-21H2,1-4H3,(H,46,51)/t24-,27-,30+,31-,35-,41-/m1/s1. The number of ether oxygens (including phenoxy) is 3. The van der Waals surface area contributed by atoms with Gasteiger partial charge in [0, 0.05) is 55.9 Å². The Hall–Kier alpha value is -3.41. The van der Waals surface area contributed by atoms with Gasteiger partial charge in [0.15, 0.2) is 5.78 Å². The van der Waals surface area contributed by atoms with Gasteiger partial charge in [0.05, 0.1) is 53.2 Å². The van der Waals surface area contributed by atoms with Gasteiger partial charge in [0.1, 0.15) is 39.9 Å². The van der Waals surface area contributed by atoms with E-state index in [0.29, 0.717) is 96.6 Å². The molecular formula is C41H53ClN6O8S2. The van der Waals surface area contributed by atoms with Gasteiger partial charge in [-0.3, -0.25) is 24.0 Å². The summed E-state index contributed by atoms with van der Waals surface area (Å²) >= 11 is 8.58. The summed E-state index contributed by atoms with van der Waals surface area (Å²) in [5, 5.41) is 6.52. The Bertz CT molecular complexity index is 2180. The highest BCUT2D eigenvalue weighted by atomic mass is 35.5. The number of nitrogens with one attached hydrogen (secondary N) is 2. The quantitative estimate of drug-likeness (QED) is 0.200. The first-order valence-corrected chi connectivity index (χ1v) is 23.5. The first-order chi connectivity index (χ1) is 27.8. The van der Waals surface area contributed by atoms with Gasteiger partial charge in [-0.15, -0.1) is 11.3 Å². The molecule has 8 rings (SSSR count). The zero-order valence-electron chi connectivity index (χ0n) is 33.5. The highest BCUT2D eigenvalue weighted by Gasteiger charge is 2.62. The number of nitrogens with zero attached hydrogens (tertiary/aromatic N) is 4. The molecule has 2 saturated carbocycles. The zero-order chi connectivity index (χ0) is 40.9. The van der Waals surface area contributed by atoms with Crippen LogP contribution in [0.5, 0.6) is 11.5 Å². The molecule has 3 aromatic rings. The number of aromatic nitrogens is 2. The van der Waals surface area contributed by atoms with Gasteiger partial charge in [0.2, 0.25) is 21.8 Å². The third-order valence-electron chi connectivity index (χ3n) is 12.6. The van der Waals surface area contributed by atoms with Crippen molar-refractivity contribution in [3.63, 3.8) is 0 Å². The second-order valence-corrected chi connectivity index (χ2v) is 19.9. The SMILES string of the molecule is CC[C@@H]1C[C@]1(CC(=O)[C@@H]1C[C@@H](Oc2cc(-c3nc(C(C)C)cs3)nc3c(Cl)c(OCCN4CCOCC4)ccc23)[C@H]2CN[C@H](CC)C(=O)N21)C(=O)NS(=O)(=O)C1CC1. The van der Waals surface area contributed by atoms with Crippen LogP contribution in [0, 0.1) is 11.3 Å². The fourth-order valence-electron chi connectivity index (χ4n) is 8.79. The van der Waals surface area contributed by atoms with Gasteiger partial charge in [-0.2, -0.15) is 0 Å². The van der Waals surface area contributed by atoms with E-state index in [4.69, 9.17) is 35.8 Å². The molecule has 5 heterocycles. The lowest BCUT2D eigenvalue weighted by Gasteiger charge is -2.39. The Kier molecular flexibility index (Phi) is 11.8. The number of piperazine rings is 1. The molecule has 0 spiro atoms. The van der Waals surface area contributed by atoms with Crippen molar-refractivity contribution in [1.82, 2.24) is 29.8 Å². The molecule has 5 aliphatic rings. The molecule has 58 heavy (non-hydrogen) atoms. The Morgan fingerprint density at radius 3 is 2.59 bits per heavy atom. The Morgan fingerprint density at radius 2 is 1.91 bits per heavy atom. The van der Waals surface area contributed by atoms with Crippen LogP contribution in [-0.2, 0) is 29.1 Å². The number of sulfonamides is 1. The number of hydrogen-bond acceptors (Lipinski definition) is 13. The summed E-state index contributed by atoms with van der Waals surface area (Å²) < 4.78 is 46.5. The molecule has 0 radical (unpaired) electrons. The average Bonchev–Trinajstić information content (AvgIpc) is 4.10. The maximum Gasteiger partial charge on any atom is 0.240 e. The van der Waals surface area contributed by atoms with Crippen molar-refractivity contribution in [3.05, 3.63) is 34.3 Å². The largest absolute Gasteiger partial charge is 0.491 e. The van der Waals surface area contributed by atoms with E-state index >= 15 is 0 Å². The number of amides is 2. The van der Waals surface area contributed by atoms with E-state index in [1.165, 1.54) is 11.3 Å². The monoisotopic (exact) mass is 856 g/mol. The van der Waals surface area contributed by atoms with Crippen LogP contribution < -0.4 is 19.5 Å². The number of rotatable bonds is 16. The molecule has 314 valence electrons. The van der Waals surface area contributed by atoms with E-state index in [2.05, 4.69) is 28.8 Å². The van der Waals surface area contributed by atoms with Gasteiger partial charge in [-0.05, 0) is 49.7 Å². The van der Waals surface area contributed by atoms with Crippen LogP contribution in [0.15, 0.2) is 23.6 Å². The van der Waals surface area contributed by atoms with Crippen LogP contribution >= 0.6 is 22.9 Å². The molecule has 2 amide bonds. The Labute approximate surface area is 348 Å². The number of halogens is 1. The van der Waals surface area contributed by atoms with Crippen molar-refractivity contribution in [3.8, 4) is 22.2 Å². The molecule has 0 bridgehead atoms. The molecule has 2 N–H and O–H groups in total. The smallest absolute Gasteiger partial charge is 0.240 e. The molecule has 2 aromatic heterocycles. The average molecular weight is 857 g/mol. The molecule has 3 saturated heterocycles. The summed E-state index contributed by atoms with van der Waals surface area (Å²) in [7, 11) is -3.79. The summed E-state index contributed by atoms with van der Waals surface area (Å²) in [4.78, 5) is 56.0. The second kappa shape index (κ2) is 16.6. The van der Waals surface area contributed by atoms with E-state index in [1.54, 1.807) is 4.90 Å². The maximum absolute atomic E-state index is 14.5. The third-order valence-corrected chi connectivity index (χ3v) is 15.6. The van der Waals surface area contributed by atoms with Crippen LogP contribution in [0.2, 0.25) is 5.02 Å². The van der Waals surface area contributed by atoms with Crippen molar-refractivity contribution >= 4 is 61.5 Å². The first kappa shape index (κ1) is 41.3. The van der Waals surface area contributed by atoms with Crippen molar-refractivity contribution in [2.75, 3.05) is 46.0 Å². The highest BCUT2D eigenvalue weighted by molar-refractivity contribution is 7.90. The van der Waals surface area contributed by atoms with Crippen molar-refractivity contribution in [2.24, 2.45) is 11.3 Å². The third kappa shape index (κ3) is 8.08. The Balaban J connectivity index is 1.10. The molecule has 0 unspecified atom stereocenters. The molecule has 6 atom stereocenters. The lowest BCUT2D eigenvalue weighted by Crippen LogP contribution is -2.62. The number of carbonyl (C=O) groups excluding carboxylic acids is 3. The summed E-state index contributed by atoms with van der Waals surface area (Å²) in [5.74, 6) is 0.0158. The summed E-state index contributed by atoms with van der Waals surface area (Å²) in [6.07, 6.45) is 2.08. The van der Waals surface area contributed by atoms with E-state index in [0.717, 1.165) is 25.3 Å². The molecule has 1 aromatic carbocycles. The van der Waals surface area contributed by atoms with Crippen molar-refractivity contribution < 1.29 is 37.0 Å². The number of morpholine rings is 1. The van der Waals surface area contributed by atoms with E-state index in [1.807, 2.05) is 37.4 Å². The zero-order valence-corrected chi connectivity index (χ0v) is 35.9. The fraction of sp³-hybridized carbons (Fsp3) is 0.634. The lowest BCUT2D eigenvalue weighted by molar-refractivity contribution is -0.145. The predicted octanol–water partition coefficient (Wildman–Crippen LogP) is 4.93. The van der Waals surface area contributed by atoms with Crippen LogP contribution in [0.4, 0.5) is 0 Å². The van der Waals surface area contributed by atoms with Crippen molar-refractivity contribution in [2.45, 2.75) is 108 Å². The summed E-state index contributed by atoms with van der Waals surface area (Å²) in [6.45, 7) is 12.7. The van der Waals surface area contributed by atoms with Crippen LogP contribution in [-0.4, -0.2) is 121 Å². The number of thiazole rings is 1. The second-order valence-electron chi connectivity index (χ2n) is 16.7. The molecule has 5 fully saturated rings. The number of fused-ring (bicyclic) bond motifs is 2. The minimum absolute atomic E-state index is 0.126. The maximum atomic E-state index is 14.5. The number of ketones is 1. The lowest BCUT2D eigenvalue weighted by atomic mass is 9.91. The van der Waals surface area contributed by atoms with E-state index in [9.17, 15) is 22.8 Å². The molecule has 2 aliphatic carbocycles. The topological polar surface area (TPSA) is 169 Å². The normalized spacial score (nSPS) is 27.5. The van der Waals surface area contributed by atoms with Gasteiger partial charge >= 0.3 is 0 Å². The number of Topliss-reactive ketones (excluding diaryl/α,β-unsaturated/α-hetero) is 1. The molecular weight excluding hydrogens is 804 g/mol. The molecule has 3 aliphatic heterocycles. The minimum atomic E-state index is -3.79. The van der Waals surface area contributed by atoms with Crippen molar-refractivity contribution in [1.29, 1.82) is 0 Å². The number of carbonyl (C=O) groups is 3. The van der Waals surface area contributed by atoms with Gasteiger partial charge < -0.3 is 24.4 Å². The van der Waals surface area contributed by atoms with Crippen LogP contribution in [0.25, 0.3) is 21.6 Å². The number of pyridine rings is 1. The van der Waals surface area contributed by atoms with Crippen LogP contribution in [0.1, 0.15) is 84.3 Å². The van der Waals surface area contributed by atoms with Crippen LogP contribution in [0.3, 0.4) is 0 Å². The van der Waals surface area contributed by atoms with E-state index < -0.39 is 50.8 Å². The molecule has 17 heteroatoms. The first-order valence-electron chi connectivity index (χ1n) is 20.7. The van der Waals surface area contributed by atoms with E-state index in [-0.39, 0.29) is 36.4 Å². The summed E-state index contributed by atoms with van der Waals surface area (Å²) in [6, 6.07) is 3.74. The van der Waals surface area contributed by atoms with Gasteiger partial charge in [-0.1, -0.05) is 45.7 Å². The number of benzene rings is 1. The van der Waals surface area contributed by atoms with Gasteiger partial charge in [-0.25, -0.2) is 18.4 Å². The number of hydrogen-bond donors (Lipinski definition) is 2. The highest BCUT2D eigenvalue weighted by Crippen LogP contribution is 2.58. The predicted molar refractivity (Wildman–Crippen MR) is 221 cm³/mol. The van der Waals surface area contributed by atoms with Gasteiger partial charge in [0.25, 0.3) is 0 Å².